The Morgan fingerprint density at radius 3 is 2.47 bits per heavy atom. The summed E-state index contributed by atoms with van der Waals surface area (Å²) in [6, 6.07) is 1.72. The van der Waals surface area contributed by atoms with Gasteiger partial charge in [-0.05, 0) is 12.5 Å². The lowest BCUT2D eigenvalue weighted by Gasteiger charge is -2.21. The van der Waals surface area contributed by atoms with Crippen molar-refractivity contribution in [3.8, 4) is 0 Å². The summed E-state index contributed by atoms with van der Waals surface area (Å²) in [6.07, 6.45) is 6.27. The van der Waals surface area contributed by atoms with Gasteiger partial charge in [0.2, 0.25) is 5.78 Å². The highest BCUT2D eigenvalue weighted by atomic mass is 16.1. The van der Waals surface area contributed by atoms with Gasteiger partial charge in [0.1, 0.15) is 0 Å². The van der Waals surface area contributed by atoms with Crippen molar-refractivity contribution in [2.24, 2.45) is 5.41 Å². The van der Waals surface area contributed by atoms with Gasteiger partial charge >= 0.3 is 0 Å². The monoisotopic (exact) mass is 206 g/mol. The SMILES string of the molecule is CCCCC(C)(C)C(=O)c1ncccn1. The van der Waals surface area contributed by atoms with Gasteiger partial charge in [0.25, 0.3) is 0 Å². The van der Waals surface area contributed by atoms with E-state index in [2.05, 4.69) is 16.9 Å². The molecule has 0 radical (unpaired) electrons. The van der Waals surface area contributed by atoms with Crippen molar-refractivity contribution < 1.29 is 4.79 Å². The summed E-state index contributed by atoms with van der Waals surface area (Å²) in [5.74, 6) is 0.371. The fourth-order valence-corrected chi connectivity index (χ4v) is 1.45. The van der Waals surface area contributed by atoms with Gasteiger partial charge in [0.05, 0.1) is 0 Å². The van der Waals surface area contributed by atoms with Gasteiger partial charge in [0, 0.05) is 17.8 Å². The van der Waals surface area contributed by atoms with Crippen molar-refractivity contribution in [3.63, 3.8) is 0 Å². The molecule has 1 heterocycles. The molecule has 0 unspecified atom stereocenters. The lowest BCUT2D eigenvalue weighted by Crippen LogP contribution is -2.26. The highest BCUT2D eigenvalue weighted by Crippen LogP contribution is 2.26. The Bertz CT molecular complexity index is 320. The Hall–Kier alpha value is -1.25. The number of Topliss-reactive ketones (excluding diaryl/α,β-unsaturated/α-hetero) is 1. The van der Waals surface area contributed by atoms with E-state index in [4.69, 9.17) is 0 Å². The molecule has 15 heavy (non-hydrogen) atoms. The minimum atomic E-state index is -0.350. The molecule has 0 N–H and O–H groups in total. The van der Waals surface area contributed by atoms with Gasteiger partial charge in [0.15, 0.2) is 5.82 Å². The zero-order chi connectivity index (χ0) is 11.3. The third-order valence-electron chi connectivity index (χ3n) is 2.54. The quantitative estimate of drug-likeness (QED) is 0.696. The number of hydrogen-bond acceptors (Lipinski definition) is 3. The molecular formula is C12H18N2O. The van der Waals surface area contributed by atoms with Crippen molar-refractivity contribution in [1.82, 2.24) is 9.97 Å². The molecule has 0 bridgehead atoms. The normalized spacial score (nSPS) is 11.4. The summed E-state index contributed by atoms with van der Waals surface area (Å²) in [5, 5.41) is 0. The molecule has 0 aromatic carbocycles. The third-order valence-corrected chi connectivity index (χ3v) is 2.54. The average Bonchev–Trinajstić information content (AvgIpc) is 2.26. The summed E-state index contributed by atoms with van der Waals surface area (Å²) >= 11 is 0. The van der Waals surface area contributed by atoms with Gasteiger partial charge in [-0.3, -0.25) is 4.79 Å². The maximum atomic E-state index is 12.0. The van der Waals surface area contributed by atoms with E-state index in [1.165, 1.54) is 0 Å². The first-order valence-corrected chi connectivity index (χ1v) is 5.40. The molecule has 0 spiro atoms. The molecule has 0 atom stereocenters. The van der Waals surface area contributed by atoms with Gasteiger partial charge in [-0.15, -0.1) is 0 Å². The minimum absolute atomic E-state index is 0.0385. The zero-order valence-corrected chi connectivity index (χ0v) is 9.66. The van der Waals surface area contributed by atoms with Crippen LogP contribution < -0.4 is 0 Å². The van der Waals surface area contributed by atoms with Crippen molar-refractivity contribution in [1.29, 1.82) is 0 Å². The molecule has 1 aromatic heterocycles. The van der Waals surface area contributed by atoms with E-state index in [0.29, 0.717) is 5.82 Å². The van der Waals surface area contributed by atoms with Crippen LogP contribution in [0.1, 0.15) is 50.7 Å². The first kappa shape index (κ1) is 11.8. The van der Waals surface area contributed by atoms with Gasteiger partial charge in [-0.2, -0.15) is 0 Å². The third kappa shape index (κ3) is 3.11. The minimum Gasteiger partial charge on any atom is -0.290 e. The standard InChI is InChI=1S/C12H18N2O/c1-4-5-7-12(2,3)10(15)11-13-8-6-9-14-11/h6,8-9H,4-5,7H2,1-3H3. The topological polar surface area (TPSA) is 42.9 Å². The van der Waals surface area contributed by atoms with E-state index in [1.54, 1.807) is 18.5 Å². The Morgan fingerprint density at radius 2 is 1.93 bits per heavy atom. The molecule has 0 saturated carbocycles. The number of rotatable bonds is 5. The van der Waals surface area contributed by atoms with Crippen molar-refractivity contribution in [3.05, 3.63) is 24.3 Å². The molecule has 0 saturated heterocycles. The van der Waals surface area contributed by atoms with Crippen LogP contribution in [0.2, 0.25) is 0 Å². The molecule has 0 aliphatic rings. The van der Waals surface area contributed by atoms with Crippen LogP contribution in [0.25, 0.3) is 0 Å². The Kier molecular flexibility index (Phi) is 3.95. The van der Waals surface area contributed by atoms with E-state index in [-0.39, 0.29) is 11.2 Å². The summed E-state index contributed by atoms with van der Waals surface area (Å²) in [7, 11) is 0. The van der Waals surface area contributed by atoms with Crippen LogP contribution in [0.15, 0.2) is 18.5 Å². The molecule has 82 valence electrons. The van der Waals surface area contributed by atoms with Crippen LogP contribution >= 0.6 is 0 Å². The number of nitrogens with zero attached hydrogens (tertiary/aromatic N) is 2. The second-order valence-electron chi connectivity index (χ2n) is 4.39. The highest BCUT2D eigenvalue weighted by Gasteiger charge is 2.29. The first-order chi connectivity index (χ1) is 7.08. The number of carbonyl (C=O) groups excluding carboxylic acids is 1. The summed E-state index contributed by atoms with van der Waals surface area (Å²) in [4.78, 5) is 20.0. The van der Waals surface area contributed by atoms with E-state index >= 15 is 0 Å². The van der Waals surface area contributed by atoms with Crippen molar-refractivity contribution >= 4 is 5.78 Å². The molecule has 0 amide bonds. The van der Waals surface area contributed by atoms with Crippen LogP contribution in [0.5, 0.6) is 0 Å². The molecule has 1 rings (SSSR count). The second kappa shape index (κ2) is 5.01. The summed E-state index contributed by atoms with van der Waals surface area (Å²) in [6.45, 7) is 6.04. The highest BCUT2D eigenvalue weighted by molar-refractivity contribution is 5.96. The van der Waals surface area contributed by atoms with Crippen LogP contribution in [0.4, 0.5) is 0 Å². The van der Waals surface area contributed by atoms with E-state index in [1.807, 2.05) is 13.8 Å². The molecule has 0 fully saturated rings. The molecule has 3 heteroatoms. The number of carbonyl (C=O) groups is 1. The number of ketones is 1. The first-order valence-electron chi connectivity index (χ1n) is 5.40. The maximum absolute atomic E-state index is 12.0. The lowest BCUT2D eigenvalue weighted by atomic mass is 9.82. The molecule has 0 aliphatic carbocycles. The molecule has 0 aliphatic heterocycles. The molecular weight excluding hydrogens is 188 g/mol. The smallest absolute Gasteiger partial charge is 0.205 e. The molecule has 3 nitrogen and oxygen atoms in total. The van der Waals surface area contributed by atoms with Crippen molar-refractivity contribution in [2.45, 2.75) is 40.0 Å². The van der Waals surface area contributed by atoms with E-state index in [9.17, 15) is 4.79 Å². The Balaban J connectivity index is 2.75. The fourth-order valence-electron chi connectivity index (χ4n) is 1.45. The maximum Gasteiger partial charge on any atom is 0.205 e. The predicted molar refractivity (Wildman–Crippen MR) is 59.7 cm³/mol. The zero-order valence-electron chi connectivity index (χ0n) is 9.66. The lowest BCUT2D eigenvalue weighted by molar-refractivity contribution is 0.0811. The number of unbranched alkanes of at least 4 members (excludes halogenated alkanes) is 1. The second-order valence-corrected chi connectivity index (χ2v) is 4.39. The Labute approximate surface area is 91.0 Å². The van der Waals surface area contributed by atoms with Crippen LogP contribution in [-0.4, -0.2) is 15.8 Å². The van der Waals surface area contributed by atoms with E-state index in [0.717, 1.165) is 19.3 Å². The van der Waals surface area contributed by atoms with Gasteiger partial charge in [-0.25, -0.2) is 9.97 Å². The van der Waals surface area contributed by atoms with E-state index < -0.39 is 0 Å². The number of aromatic nitrogens is 2. The predicted octanol–water partition coefficient (Wildman–Crippen LogP) is 2.88. The Morgan fingerprint density at radius 1 is 1.33 bits per heavy atom. The van der Waals surface area contributed by atoms with Crippen LogP contribution in [0, 0.1) is 5.41 Å². The van der Waals surface area contributed by atoms with Gasteiger partial charge in [-0.1, -0.05) is 33.6 Å². The van der Waals surface area contributed by atoms with Crippen molar-refractivity contribution in [2.75, 3.05) is 0 Å². The largest absolute Gasteiger partial charge is 0.290 e. The van der Waals surface area contributed by atoms with Gasteiger partial charge < -0.3 is 0 Å². The number of hydrogen-bond donors (Lipinski definition) is 0. The fraction of sp³-hybridized carbons (Fsp3) is 0.583. The molecule has 1 aromatic rings. The summed E-state index contributed by atoms with van der Waals surface area (Å²) < 4.78 is 0. The van der Waals surface area contributed by atoms with Crippen LogP contribution in [0.3, 0.4) is 0 Å². The summed E-state index contributed by atoms with van der Waals surface area (Å²) in [5.41, 5.74) is -0.350. The average molecular weight is 206 g/mol. The van der Waals surface area contributed by atoms with Crippen LogP contribution in [-0.2, 0) is 0 Å².